The Labute approximate surface area is 76.0 Å². The SMILES string of the molecule is CCC.CCO.SCCS. The summed E-state index contributed by atoms with van der Waals surface area (Å²) in [7, 11) is 0. The fourth-order valence-electron chi connectivity index (χ4n) is 0. The van der Waals surface area contributed by atoms with Gasteiger partial charge in [0.25, 0.3) is 0 Å². The highest BCUT2D eigenvalue weighted by atomic mass is 32.1. The molecule has 66 valence electrons. The smallest absolute Gasteiger partial charge is 0.0402 e. The fraction of sp³-hybridized carbons (Fsp3) is 1.00. The van der Waals surface area contributed by atoms with Gasteiger partial charge in [-0.15, -0.1) is 0 Å². The average molecular weight is 184 g/mol. The first-order valence-corrected chi connectivity index (χ1v) is 4.83. The molecule has 0 heterocycles. The summed E-state index contributed by atoms with van der Waals surface area (Å²) in [5.41, 5.74) is 0. The van der Waals surface area contributed by atoms with Gasteiger partial charge in [-0.25, -0.2) is 0 Å². The van der Waals surface area contributed by atoms with Crippen LogP contribution in [0.5, 0.6) is 0 Å². The molecule has 0 saturated heterocycles. The Bertz CT molecular complexity index is 23.6. The highest BCUT2D eigenvalue weighted by Crippen LogP contribution is 1.73. The highest BCUT2D eigenvalue weighted by molar-refractivity contribution is 7.84. The van der Waals surface area contributed by atoms with E-state index in [2.05, 4.69) is 39.1 Å². The molecule has 0 spiro atoms. The summed E-state index contributed by atoms with van der Waals surface area (Å²) < 4.78 is 0. The van der Waals surface area contributed by atoms with Gasteiger partial charge < -0.3 is 5.11 Å². The maximum absolute atomic E-state index is 7.57. The van der Waals surface area contributed by atoms with Gasteiger partial charge in [0.15, 0.2) is 0 Å². The molecular weight excluding hydrogens is 164 g/mol. The molecule has 0 aromatic carbocycles. The Morgan fingerprint density at radius 3 is 1.10 bits per heavy atom. The second kappa shape index (κ2) is 33.4. The summed E-state index contributed by atoms with van der Waals surface area (Å²) in [6.07, 6.45) is 1.25. The van der Waals surface area contributed by atoms with Crippen LogP contribution in [0.1, 0.15) is 27.2 Å². The van der Waals surface area contributed by atoms with Crippen LogP contribution in [-0.2, 0) is 0 Å². The van der Waals surface area contributed by atoms with Crippen molar-refractivity contribution in [1.29, 1.82) is 0 Å². The molecule has 0 aliphatic heterocycles. The van der Waals surface area contributed by atoms with Crippen LogP contribution in [0.2, 0.25) is 0 Å². The minimum atomic E-state index is 0.250. The van der Waals surface area contributed by atoms with E-state index in [-0.39, 0.29) is 6.61 Å². The lowest BCUT2D eigenvalue weighted by Gasteiger charge is -1.67. The molecule has 1 N–H and O–H groups in total. The van der Waals surface area contributed by atoms with Gasteiger partial charge in [0, 0.05) is 6.61 Å². The van der Waals surface area contributed by atoms with Crippen LogP contribution in [0.4, 0.5) is 0 Å². The second-order valence-corrected chi connectivity index (χ2v) is 2.36. The molecule has 1 nitrogen and oxygen atoms in total. The number of hydrogen-bond donors (Lipinski definition) is 3. The molecule has 0 unspecified atom stereocenters. The van der Waals surface area contributed by atoms with Crippen molar-refractivity contribution in [3.8, 4) is 0 Å². The highest BCUT2D eigenvalue weighted by Gasteiger charge is 1.57. The van der Waals surface area contributed by atoms with Crippen molar-refractivity contribution in [2.45, 2.75) is 27.2 Å². The summed E-state index contributed by atoms with van der Waals surface area (Å²) in [5.74, 6) is 1.76. The van der Waals surface area contributed by atoms with Gasteiger partial charge in [-0.1, -0.05) is 20.3 Å². The standard InChI is InChI=1S/C3H8.C2H6O.C2H6S2/c1-3-2;1-2-3;3-1-2-4/h3H2,1-2H3;3H,2H2,1H3;3-4H,1-2H2. The molecule has 0 aliphatic rings. The first-order valence-electron chi connectivity index (χ1n) is 3.57. The number of aliphatic hydroxyl groups excluding tert-OH is 1. The third-order valence-electron chi connectivity index (χ3n) is 0.1000. The fourth-order valence-corrected chi connectivity index (χ4v) is 0. The van der Waals surface area contributed by atoms with Crippen molar-refractivity contribution >= 4 is 25.3 Å². The number of thiol groups is 2. The van der Waals surface area contributed by atoms with Crippen LogP contribution in [-0.4, -0.2) is 23.2 Å². The lowest BCUT2D eigenvalue weighted by Crippen LogP contribution is -1.64. The minimum Gasteiger partial charge on any atom is -0.397 e. The molecular formula is C7H20OS2. The van der Waals surface area contributed by atoms with Crippen molar-refractivity contribution in [1.82, 2.24) is 0 Å². The zero-order valence-electron chi connectivity index (χ0n) is 7.17. The summed E-state index contributed by atoms with van der Waals surface area (Å²) >= 11 is 7.69. The first-order chi connectivity index (χ1) is 4.74. The van der Waals surface area contributed by atoms with E-state index in [9.17, 15) is 0 Å². The third-order valence-corrected chi connectivity index (χ3v) is 0.900. The van der Waals surface area contributed by atoms with Crippen molar-refractivity contribution in [2.24, 2.45) is 0 Å². The second-order valence-electron chi connectivity index (χ2n) is 1.47. The van der Waals surface area contributed by atoms with Crippen LogP contribution >= 0.6 is 25.3 Å². The van der Waals surface area contributed by atoms with Gasteiger partial charge in [-0.05, 0) is 18.4 Å². The lowest BCUT2D eigenvalue weighted by atomic mass is 10.6. The molecule has 0 amide bonds. The van der Waals surface area contributed by atoms with Gasteiger partial charge in [0.1, 0.15) is 0 Å². The van der Waals surface area contributed by atoms with Gasteiger partial charge >= 0.3 is 0 Å². The van der Waals surface area contributed by atoms with E-state index in [1.807, 2.05) is 0 Å². The number of hydrogen-bond acceptors (Lipinski definition) is 3. The third kappa shape index (κ3) is 184. The molecule has 0 aromatic heterocycles. The van der Waals surface area contributed by atoms with Gasteiger partial charge in [0.05, 0.1) is 0 Å². The topological polar surface area (TPSA) is 20.2 Å². The van der Waals surface area contributed by atoms with Gasteiger partial charge in [-0.3, -0.25) is 0 Å². The van der Waals surface area contributed by atoms with Crippen molar-refractivity contribution in [3.05, 3.63) is 0 Å². The minimum absolute atomic E-state index is 0.250. The Morgan fingerprint density at radius 2 is 1.10 bits per heavy atom. The predicted molar refractivity (Wildman–Crippen MR) is 56.4 cm³/mol. The van der Waals surface area contributed by atoms with E-state index in [4.69, 9.17) is 5.11 Å². The van der Waals surface area contributed by atoms with E-state index < -0.39 is 0 Å². The van der Waals surface area contributed by atoms with Crippen molar-refractivity contribution in [2.75, 3.05) is 18.1 Å². The predicted octanol–water partition coefficient (Wildman–Crippen LogP) is 2.26. The maximum atomic E-state index is 7.57. The zero-order valence-corrected chi connectivity index (χ0v) is 8.96. The molecule has 10 heavy (non-hydrogen) atoms. The molecule has 0 rings (SSSR count). The molecule has 0 aliphatic carbocycles. The molecule has 0 aromatic rings. The van der Waals surface area contributed by atoms with E-state index >= 15 is 0 Å². The number of rotatable bonds is 1. The van der Waals surface area contributed by atoms with Crippen molar-refractivity contribution < 1.29 is 5.11 Å². The number of aliphatic hydroxyl groups is 1. The largest absolute Gasteiger partial charge is 0.397 e. The van der Waals surface area contributed by atoms with Crippen LogP contribution in [0.15, 0.2) is 0 Å². The van der Waals surface area contributed by atoms with E-state index in [1.165, 1.54) is 6.42 Å². The van der Waals surface area contributed by atoms with Gasteiger partial charge in [-0.2, -0.15) is 25.3 Å². The summed E-state index contributed by atoms with van der Waals surface area (Å²) in [5, 5.41) is 7.57. The molecule has 0 fully saturated rings. The van der Waals surface area contributed by atoms with Crippen LogP contribution in [0.25, 0.3) is 0 Å². The normalized spacial score (nSPS) is 6.60. The summed E-state index contributed by atoms with van der Waals surface area (Å²) in [6, 6.07) is 0. The Balaban J connectivity index is -0.0000000750. The van der Waals surface area contributed by atoms with E-state index in [0.717, 1.165) is 11.5 Å². The average Bonchev–Trinajstić information content (AvgIpc) is 1.91. The quantitative estimate of drug-likeness (QED) is 0.534. The molecule has 0 atom stereocenters. The van der Waals surface area contributed by atoms with Gasteiger partial charge in [0.2, 0.25) is 0 Å². The van der Waals surface area contributed by atoms with E-state index in [1.54, 1.807) is 6.92 Å². The lowest BCUT2D eigenvalue weighted by molar-refractivity contribution is 0.318. The first kappa shape index (κ1) is 17.0. The van der Waals surface area contributed by atoms with Crippen molar-refractivity contribution in [3.63, 3.8) is 0 Å². The summed E-state index contributed by atoms with van der Waals surface area (Å²) in [6.45, 7) is 6.18. The Hall–Kier alpha value is 0.660. The zero-order chi connectivity index (χ0) is 8.83. The molecule has 3 heteroatoms. The van der Waals surface area contributed by atoms with Crippen LogP contribution in [0.3, 0.4) is 0 Å². The molecule has 0 saturated carbocycles. The monoisotopic (exact) mass is 184 g/mol. The molecule has 0 radical (unpaired) electrons. The van der Waals surface area contributed by atoms with Crippen LogP contribution in [0, 0.1) is 0 Å². The Kier molecular flexibility index (Phi) is 56.6. The van der Waals surface area contributed by atoms with E-state index in [0.29, 0.717) is 0 Å². The summed E-state index contributed by atoms with van der Waals surface area (Å²) in [4.78, 5) is 0. The maximum Gasteiger partial charge on any atom is 0.0402 e. The molecule has 0 bridgehead atoms. The van der Waals surface area contributed by atoms with Crippen LogP contribution < -0.4 is 0 Å². The Morgan fingerprint density at radius 1 is 1.00 bits per heavy atom.